The minimum absolute atomic E-state index is 0.00630. The summed E-state index contributed by atoms with van der Waals surface area (Å²) in [6, 6.07) is 6.59. The van der Waals surface area contributed by atoms with Gasteiger partial charge >= 0.3 is 5.69 Å². The fourth-order valence-corrected chi connectivity index (χ4v) is 7.11. The van der Waals surface area contributed by atoms with E-state index in [1.165, 1.54) is 6.07 Å². The number of benzene rings is 2. The zero-order valence-corrected chi connectivity index (χ0v) is 27.1. The maximum atomic E-state index is 13.9. The Balaban J connectivity index is 1.69. The molecule has 0 radical (unpaired) electrons. The van der Waals surface area contributed by atoms with Gasteiger partial charge in [-0.1, -0.05) is 27.7 Å². The lowest BCUT2D eigenvalue weighted by Gasteiger charge is -2.48. The van der Waals surface area contributed by atoms with Crippen LogP contribution in [0.5, 0.6) is 17.2 Å². The summed E-state index contributed by atoms with van der Waals surface area (Å²) >= 11 is 3.55. The first-order chi connectivity index (χ1) is 20.5. The summed E-state index contributed by atoms with van der Waals surface area (Å²) in [7, 11) is 1.94. The van der Waals surface area contributed by atoms with Gasteiger partial charge in [-0.05, 0) is 70.3 Å². The van der Waals surface area contributed by atoms with E-state index in [9.17, 15) is 29.8 Å². The Morgan fingerprint density at radius 3 is 1.95 bits per heavy atom. The molecule has 3 aliphatic rings. The monoisotopic (exact) mass is 667 g/mol. The van der Waals surface area contributed by atoms with Gasteiger partial charge in [-0.3, -0.25) is 29.8 Å². The third-order valence-electron chi connectivity index (χ3n) is 8.41. The molecule has 2 aromatic carbocycles. The highest BCUT2D eigenvalue weighted by molar-refractivity contribution is 9.10. The highest BCUT2D eigenvalue weighted by Crippen LogP contribution is 2.55. The van der Waals surface area contributed by atoms with Gasteiger partial charge in [0.25, 0.3) is 5.69 Å². The summed E-state index contributed by atoms with van der Waals surface area (Å²) in [6.45, 7) is 10.3. The van der Waals surface area contributed by atoms with Gasteiger partial charge in [0.1, 0.15) is 0 Å². The second-order valence-corrected chi connectivity index (χ2v) is 14.0. The van der Waals surface area contributed by atoms with E-state index in [4.69, 9.17) is 9.47 Å². The van der Waals surface area contributed by atoms with E-state index in [-0.39, 0.29) is 46.3 Å². The standard InChI is InChI=1S/C32H34BrN3O8/c1-7-43-26-11-17(10-19(33)30(26)44-25-9-8-18(35(39)40)12-20(25)36(41)42)27-28-21(13-31(2,3)15-23(28)37)34(6)22-14-32(4,5)16-24(38)29(22)27/h8-12,27H,7,13-16H2,1-6H3. The average molecular weight is 669 g/mol. The molecule has 11 nitrogen and oxygen atoms in total. The smallest absolute Gasteiger partial charge is 0.318 e. The second kappa shape index (κ2) is 11.1. The second-order valence-electron chi connectivity index (χ2n) is 13.1. The number of rotatable bonds is 7. The molecule has 12 heteroatoms. The molecule has 0 spiro atoms. The quantitative estimate of drug-likeness (QED) is 0.214. The molecular weight excluding hydrogens is 634 g/mol. The van der Waals surface area contributed by atoms with Crippen LogP contribution in [0.15, 0.2) is 57.3 Å². The predicted molar refractivity (Wildman–Crippen MR) is 166 cm³/mol. The minimum atomic E-state index is -0.752. The van der Waals surface area contributed by atoms with Gasteiger partial charge < -0.3 is 14.4 Å². The van der Waals surface area contributed by atoms with Gasteiger partial charge in [0.05, 0.1) is 27.0 Å². The van der Waals surface area contributed by atoms with Crippen LogP contribution >= 0.6 is 15.9 Å². The van der Waals surface area contributed by atoms with Crippen LogP contribution in [0, 0.1) is 31.1 Å². The summed E-state index contributed by atoms with van der Waals surface area (Å²) in [5.74, 6) is -0.488. The zero-order valence-electron chi connectivity index (χ0n) is 25.5. The number of ketones is 2. The summed E-state index contributed by atoms with van der Waals surface area (Å²) in [5.41, 5.74) is 2.18. The molecule has 232 valence electrons. The number of hydrogen-bond acceptors (Lipinski definition) is 9. The first kappa shape index (κ1) is 31.4. The maximum Gasteiger partial charge on any atom is 0.318 e. The van der Waals surface area contributed by atoms with Crippen LogP contribution < -0.4 is 9.47 Å². The summed E-state index contributed by atoms with van der Waals surface area (Å²) in [4.78, 5) is 51.3. The predicted octanol–water partition coefficient (Wildman–Crippen LogP) is 7.77. The van der Waals surface area contributed by atoms with Gasteiger partial charge in [-0.2, -0.15) is 0 Å². The van der Waals surface area contributed by atoms with Crippen molar-refractivity contribution in [3.8, 4) is 17.2 Å². The van der Waals surface area contributed by atoms with Crippen LogP contribution in [0.3, 0.4) is 0 Å². The Labute approximate surface area is 263 Å². The van der Waals surface area contributed by atoms with Gasteiger partial charge in [-0.25, -0.2) is 0 Å². The first-order valence-electron chi connectivity index (χ1n) is 14.4. The third-order valence-corrected chi connectivity index (χ3v) is 9.00. The SMILES string of the molecule is CCOc1cc(C2C3=C(CC(C)(C)CC3=O)N(C)C3=C2C(=O)CC(C)(C)C3)cc(Br)c1Oc1ccc([N+](=O)[O-])cc1[N+](=O)[O-]. The number of ether oxygens (including phenoxy) is 2. The third kappa shape index (κ3) is 5.62. The van der Waals surface area contributed by atoms with Crippen molar-refractivity contribution >= 4 is 38.9 Å². The Hall–Kier alpha value is -4.06. The van der Waals surface area contributed by atoms with Crippen molar-refractivity contribution in [1.82, 2.24) is 4.90 Å². The van der Waals surface area contributed by atoms with Crippen LogP contribution in [0.25, 0.3) is 0 Å². The molecule has 0 aromatic heterocycles. The molecule has 0 saturated carbocycles. The van der Waals surface area contributed by atoms with Crippen molar-refractivity contribution < 1.29 is 28.9 Å². The van der Waals surface area contributed by atoms with Crippen molar-refractivity contribution in [2.45, 2.75) is 66.2 Å². The molecule has 0 bridgehead atoms. The van der Waals surface area contributed by atoms with Crippen LogP contribution in [-0.2, 0) is 9.59 Å². The van der Waals surface area contributed by atoms with Crippen molar-refractivity contribution in [3.05, 3.63) is 83.1 Å². The van der Waals surface area contributed by atoms with Gasteiger partial charge in [0, 0.05) is 54.4 Å². The number of carbonyl (C=O) groups is 2. The molecule has 0 unspecified atom stereocenters. The normalized spacial score (nSPS) is 19.5. The minimum Gasteiger partial charge on any atom is -0.490 e. The number of halogens is 1. The molecule has 0 fully saturated rings. The molecule has 5 rings (SSSR count). The first-order valence-corrected chi connectivity index (χ1v) is 15.2. The molecule has 0 saturated heterocycles. The molecule has 1 aliphatic heterocycles. The fraction of sp³-hybridized carbons (Fsp3) is 0.438. The number of nitro benzene ring substituents is 2. The maximum absolute atomic E-state index is 13.9. The fourth-order valence-electron chi connectivity index (χ4n) is 6.57. The Kier molecular flexibility index (Phi) is 7.94. The summed E-state index contributed by atoms with van der Waals surface area (Å²) < 4.78 is 12.3. The van der Waals surface area contributed by atoms with E-state index in [1.807, 2.05) is 7.05 Å². The Morgan fingerprint density at radius 1 is 0.886 bits per heavy atom. The van der Waals surface area contributed by atoms with Crippen molar-refractivity contribution in [2.75, 3.05) is 13.7 Å². The molecule has 0 atom stereocenters. The zero-order chi connectivity index (χ0) is 32.3. The number of carbonyl (C=O) groups excluding carboxylic acids is 2. The summed E-state index contributed by atoms with van der Waals surface area (Å²) in [6.07, 6.45) is 2.06. The largest absolute Gasteiger partial charge is 0.490 e. The van der Waals surface area contributed by atoms with E-state index in [0.717, 1.165) is 23.5 Å². The lowest BCUT2D eigenvalue weighted by atomic mass is 9.64. The number of nitro groups is 2. The van der Waals surface area contributed by atoms with E-state index in [0.29, 0.717) is 46.9 Å². The van der Waals surface area contributed by atoms with E-state index < -0.39 is 27.1 Å². The van der Waals surface area contributed by atoms with Gasteiger partial charge in [-0.15, -0.1) is 0 Å². The molecule has 2 aromatic rings. The van der Waals surface area contributed by atoms with Crippen LogP contribution in [-0.4, -0.2) is 40.0 Å². The Morgan fingerprint density at radius 2 is 1.45 bits per heavy atom. The molecule has 44 heavy (non-hydrogen) atoms. The lowest BCUT2D eigenvalue weighted by Crippen LogP contribution is -2.43. The number of hydrogen-bond donors (Lipinski definition) is 0. The topological polar surface area (TPSA) is 142 Å². The van der Waals surface area contributed by atoms with Crippen molar-refractivity contribution in [3.63, 3.8) is 0 Å². The van der Waals surface area contributed by atoms with Crippen LogP contribution in [0.4, 0.5) is 11.4 Å². The lowest BCUT2D eigenvalue weighted by molar-refractivity contribution is -0.394. The number of non-ortho nitro benzene ring substituents is 1. The molecule has 0 amide bonds. The number of Topliss-reactive ketones (excluding diaryl/α,β-unsaturated/α-hetero) is 2. The van der Waals surface area contributed by atoms with E-state index in [2.05, 4.69) is 48.5 Å². The van der Waals surface area contributed by atoms with E-state index >= 15 is 0 Å². The Bertz CT molecular complexity index is 1640. The highest BCUT2D eigenvalue weighted by atomic mass is 79.9. The molecule has 0 N–H and O–H groups in total. The van der Waals surface area contributed by atoms with Crippen molar-refractivity contribution in [2.24, 2.45) is 10.8 Å². The average Bonchev–Trinajstić information content (AvgIpc) is 2.90. The van der Waals surface area contributed by atoms with Crippen molar-refractivity contribution in [1.29, 1.82) is 0 Å². The summed E-state index contributed by atoms with van der Waals surface area (Å²) in [5, 5.41) is 23.0. The molecular formula is C32H34BrN3O8. The molecule has 2 aliphatic carbocycles. The number of nitrogens with zero attached hydrogens (tertiary/aromatic N) is 3. The number of allylic oxidation sites excluding steroid dienone is 4. The van der Waals surface area contributed by atoms with E-state index in [1.54, 1.807) is 19.1 Å². The van der Waals surface area contributed by atoms with Crippen LogP contribution in [0.2, 0.25) is 0 Å². The molecule has 1 heterocycles. The highest BCUT2D eigenvalue weighted by Gasteiger charge is 2.48. The van der Waals surface area contributed by atoms with Crippen LogP contribution in [0.1, 0.15) is 71.8 Å². The van der Waals surface area contributed by atoms with Gasteiger partial charge in [0.15, 0.2) is 23.1 Å². The van der Waals surface area contributed by atoms with Gasteiger partial charge in [0.2, 0.25) is 5.75 Å².